The molecular weight excluding hydrogens is 218 g/mol. The van der Waals surface area contributed by atoms with Crippen LogP contribution in [-0.4, -0.2) is 4.98 Å². The molecule has 0 fully saturated rings. The van der Waals surface area contributed by atoms with E-state index in [-0.39, 0.29) is 0 Å². The van der Waals surface area contributed by atoms with E-state index in [0.717, 1.165) is 5.69 Å². The molecular formula is C17H21N. The number of aromatic nitrogens is 1. The molecule has 0 spiro atoms. The van der Waals surface area contributed by atoms with Gasteiger partial charge < -0.3 is 0 Å². The predicted molar refractivity (Wildman–Crippen MR) is 77.0 cm³/mol. The molecule has 1 aromatic carbocycles. The minimum absolute atomic E-state index is 0.353. The molecule has 18 heavy (non-hydrogen) atoms. The van der Waals surface area contributed by atoms with Crippen LogP contribution in [0.25, 0.3) is 0 Å². The molecule has 2 aromatic rings. The Morgan fingerprint density at radius 3 is 2.28 bits per heavy atom. The average Bonchev–Trinajstić information content (AvgIpc) is 2.38. The van der Waals surface area contributed by atoms with Gasteiger partial charge in [-0.15, -0.1) is 0 Å². The summed E-state index contributed by atoms with van der Waals surface area (Å²) in [5, 5.41) is 0. The van der Waals surface area contributed by atoms with E-state index < -0.39 is 0 Å². The third-order valence-corrected chi connectivity index (χ3v) is 3.46. The normalized spacial score (nSPS) is 12.7. The minimum Gasteiger partial charge on any atom is -0.260 e. The van der Waals surface area contributed by atoms with Crippen molar-refractivity contribution in [1.29, 1.82) is 0 Å². The van der Waals surface area contributed by atoms with Crippen molar-refractivity contribution < 1.29 is 0 Å². The summed E-state index contributed by atoms with van der Waals surface area (Å²) in [4.78, 5) is 4.61. The van der Waals surface area contributed by atoms with Crippen molar-refractivity contribution in [3.8, 4) is 0 Å². The van der Waals surface area contributed by atoms with Gasteiger partial charge in [0.15, 0.2) is 0 Å². The van der Waals surface area contributed by atoms with E-state index in [0.29, 0.717) is 11.8 Å². The SMILES string of the molecule is Cc1cccc(C(C)c2ccc(C(C)C)cn2)c1. The molecule has 0 aliphatic carbocycles. The van der Waals surface area contributed by atoms with Gasteiger partial charge in [0.25, 0.3) is 0 Å². The van der Waals surface area contributed by atoms with Gasteiger partial charge in [0.1, 0.15) is 0 Å². The molecule has 0 aliphatic rings. The van der Waals surface area contributed by atoms with Crippen molar-refractivity contribution in [3.63, 3.8) is 0 Å². The van der Waals surface area contributed by atoms with Gasteiger partial charge >= 0.3 is 0 Å². The standard InChI is InChI=1S/C17H21N/c1-12(2)16-8-9-17(18-11-16)14(4)15-7-5-6-13(3)10-15/h5-12,14H,1-4H3. The molecule has 2 rings (SSSR count). The lowest BCUT2D eigenvalue weighted by Gasteiger charge is -2.13. The summed E-state index contributed by atoms with van der Waals surface area (Å²) in [6.07, 6.45) is 2.01. The van der Waals surface area contributed by atoms with Crippen molar-refractivity contribution in [3.05, 3.63) is 65.0 Å². The number of hydrogen-bond acceptors (Lipinski definition) is 1. The maximum Gasteiger partial charge on any atom is 0.0475 e. The first-order chi connectivity index (χ1) is 8.58. The second-order valence-electron chi connectivity index (χ2n) is 5.31. The van der Waals surface area contributed by atoms with Gasteiger partial charge in [0, 0.05) is 17.8 Å². The van der Waals surface area contributed by atoms with Gasteiger partial charge in [-0.05, 0) is 30.0 Å². The molecule has 1 heteroatoms. The van der Waals surface area contributed by atoms with Crippen LogP contribution in [0.2, 0.25) is 0 Å². The van der Waals surface area contributed by atoms with Crippen molar-refractivity contribution in [2.75, 3.05) is 0 Å². The lowest BCUT2D eigenvalue weighted by Crippen LogP contribution is -2.00. The Kier molecular flexibility index (Phi) is 3.81. The predicted octanol–water partition coefficient (Wildman–Crippen LogP) is 4.67. The summed E-state index contributed by atoms with van der Waals surface area (Å²) < 4.78 is 0. The second kappa shape index (κ2) is 5.34. The van der Waals surface area contributed by atoms with E-state index >= 15 is 0 Å². The summed E-state index contributed by atoms with van der Waals surface area (Å²) in [5.74, 6) is 0.895. The molecule has 0 radical (unpaired) electrons. The molecule has 1 atom stereocenters. The molecule has 0 bridgehead atoms. The van der Waals surface area contributed by atoms with Crippen molar-refractivity contribution in [2.24, 2.45) is 0 Å². The first kappa shape index (κ1) is 12.8. The van der Waals surface area contributed by atoms with Crippen molar-refractivity contribution in [2.45, 2.75) is 39.5 Å². The van der Waals surface area contributed by atoms with Crippen LogP contribution in [0.15, 0.2) is 42.6 Å². The minimum atomic E-state index is 0.353. The molecule has 0 aliphatic heterocycles. The highest BCUT2D eigenvalue weighted by molar-refractivity contribution is 5.31. The molecule has 0 saturated carbocycles. The molecule has 1 unspecified atom stereocenters. The quantitative estimate of drug-likeness (QED) is 0.758. The van der Waals surface area contributed by atoms with E-state index in [1.165, 1.54) is 16.7 Å². The van der Waals surface area contributed by atoms with Crippen LogP contribution in [0.3, 0.4) is 0 Å². The number of rotatable bonds is 3. The monoisotopic (exact) mass is 239 g/mol. The number of benzene rings is 1. The van der Waals surface area contributed by atoms with Gasteiger partial charge in [0.2, 0.25) is 0 Å². The fourth-order valence-corrected chi connectivity index (χ4v) is 2.12. The Labute approximate surface area is 110 Å². The molecule has 1 aromatic heterocycles. The zero-order valence-corrected chi connectivity index (χ0v) is 11.6. The van der Waals surface area contributed by atoms with Crippen LogP contribution in [0.5, 0.6) is 0 Å². The number of aryl methyl sites for hydroxylation is 1. The van der Waals surface area contributed by atoms with Crippen LogP contribution in [0.4, 0.5) is 0 Å². The third kappa shape index (κ3) is 2.79. The average molecular weight is 239 g/mol. The zero-order valence-electron chi connectivity index (χ0n) is 11.6. The van der Waals surface area contributed by atoms with Crippen molar-refractivity contribution >= 4 is 0 Å². The van der Waals surface area contributed by atoms with Gasteiger partial charge in [-0.2, -0.15) is 0 Å². The largest absolute Gasteiger partial charge is 0.260 e. The van der Waals surface area contributed by atoms with E-state index in [1.807, 2.05) is 6.20 Å². The highest BCUT2D eigenvalue weighted by atomic mass is 14.7. The molecule has 1 nitrogen and oxygen atoms in total. The Morgan fingerprint density at radius 1 is 0.944 bits per heavy atom. The second-order valence-corrected chi connectivity index (χ2v) is 5.31. The van der Waals surface area contributed by atoms with Crippen LogP contribution in [-0.2, 0) is 0 Å². The van der Waals surface area contributed by atoms with E-state index in [4.69, 9.17) is 0 Å². The maximum atomic E-state index is 4.61. The Balaban J connectivity index is 2.26. The number of hydrogen-bond donors (Lipinski definition) is 0. The topological polar surface area (TPSA) is 12.9 Å². The van der Waals surface area contributed by atoms with Crippen molar-refractivity contribution in [1.82, 2.24) is 4.98 Å². The fourth-order valence-electron chi connectivity index (χ4n) is 2.12. The molecule has 0 saturated heterocycles. The first-order valence-electron chi connectivity index (χ1n) is 6.60. The maximum absolute atomic E-state index is 4.61. The highest BCUT2D eigenvalue weighted by Crippen LogP contribution is 2.24. The van der Waals surface area contributed by atoms with Crippen LogP contribution < -0.4 is 0 Å². The molecule has 94 valence electrons. The van der Waals surface area contributed by atoms with Crippen LogP contribution in [0, 0.1) is 6.92 Å². The molecule has 1 heterocycles. The Bertz CT molecular complexity index is 511. The molecule has 0 amide bonds. The smallest absolute Gasteiger partial charge is 0.0475 e. The summed E-state index contributed by atoms with van der Waals surface area (Å²) in [7, 11) is 0. The summed E-state index contributed by atoms with van der Waals surface area (Å²) in [6, 6.07) is 13.0. The zero-order chi connectivity index (χ0) is 13.1. The summed E-state index contributed by atoms with van der Waals surface area (Å²) >= 11 is 0. The Morgan fingerprint density at radius 2 is 1.72 bits per heavy atom. The third-order valence-electron chi connectivity index (χ3n) is 3.46. The van der Waals surface area contributed by atoms with E-state index in [2.05, 4.69) is 69.1 Å². The highest BCUT2D eigenvalue weighted by Gasteiger charge is 2.10. The fraction of sp³-hybridized carbons (Fsp3) is 0.353. The summed E-state index contributed by atoms with van der Waals surface area (Å²) in [5.41, 5.74) is 5.08. The van der Waals surface area contributed by atoms with Crippen LogP contribution in [0.1, 0.15) is 55.0 Å². The Hall–Kier alpha value is -1.63. The van der Waals surface area contributed by atoms with Gasteiger partial charge in [-0.3, -0.25) is 4.98 Å². The lowest BCUT2D eigenvalue weighted by molar-refractivity contribution is 0.828. The van der Waals surface area contributed by atoms with E-state index in [9.17, 15) is 0 Å². The number of nitrogens with zero attached hydrogens (tertiary/aromatic N) is 1. The van der Waals surface area contributed by atoms with Gasteiger partial charge in [0.05, 0.1) is 0 Å². The molecule has 0 N–H and O–H groups in total. The van der Waals surface area contributed by atoms with E-state index in [1.54, 1.807) is 0 Å². The lowest BCUT2D eigenvalue weighted by atomic mass is 9.95. The van der Waals surface area contributed by atoms with Gasteiger partial charge in [-0.1, -0.05) is 56.7 Å². The first-order valence-corrected chi connectivity index (χ1v) is 6.60. The number of pyridine rings is 1. The van der Waals surface area contributed by atoms with Crippen LogP contribution >= 0.6 is 0 Å². The summed E-state index contributed by atoms with van der Waals surface area (Å²) in [6.45, 7) is 8.74. The van der Waals surface area contributed by atoms with Gasteiger partial charge in [-0.25, -0.2) is 0 Å².